The van der Waals surface area contributed by atoms with Gasteiger partial charge in [-0.05, 0) is 45.1 Å². The molecule has 0 aromatic carbocycles. The predicted octanol–water partition coefficient (Wildman–Crippen LogP) is 1.88. The van der Waals surface area contributed by atoms with Crippen molar-refractivity contribution in [2.75, 3.05) is 39.4 Å². The van der Waals surface area contributed by atoms with Gasteiger partial charge in [0.1, 0.15) is 11.4 Å². The molecule has 1 spiro atoms. The van der Waals surface area contributed by atoms with E-state index >= 15 is 0 Å². The minimum atomic E-state index is -0.253. The summed E-state index contributed by atoms with van der Waals surface area (Å²) >= 11 is 0. The smallest absolute Gasteiger partial charge is 0.409 e. The Balaban J connectivity index is 1.41. The van der Waals surface area contributed by atoms with E-state index in [4.69, 9.17) is 14.5 Å². The molecular formula is C19H28N4O3. The Kier molecular flexibility index (Phi) is 4.84. The molecule has 1 aromatic heterocycles. The zero-order chi connectivity index (χ0) is 18.1. The lowest BCUT2D eigenvalue weighted by atomic mass is 9.83. The summed E-state index contributed by atoms with van der Waals surface area (Å²) in [5.41, 5.74) is 2.09. The topological polar surface area (TPSA) is 67.8 Å². The number of likely N-dealkylation sites (tertiary alicyclic amines) is 2. The number of carbonyl (C=O) groups is 1. The Hall–Kier alpha value is -1.73. The van der Waals surface area contributed by atoms with E-state index in [9.17, 15) is 4.79 Å². The maximum absolute atomic E-state index is 11.9. The second-order valence-corrected chi connectivity index (χ2v) is 7.51. The fraction of sp³-hybridized carbons (Fsp3) is 0.737. The molecule has 3 aliphatic rings. The van der Waals surface area contributed by atoms with E-state index in [-0.39, 0.29) is 11.7 Å². The van der Waals surface area contributed by atoms with Gasteiger partial charge in [0, 0.05) is 38.4 Å². The molecule has 4 heterocycles. The number of aromatic nitrogens is 2. The fourth-order valence-corrected chi connectivity index (χ4v) is 4.55. The summed E-state index contributed by atoms with van der Waals surface area (Å²) in [6.45, 7) is 8.49. The van der Waals surface area contributed by atoms with Gasteiger partial charge in [-0.1, -0.05) is 0 Å². The molecule has 0 N–H and O–H groups in total. The van der Waals surface area contributed by atoms with Crippen LogP contribution in [0.15, 0.2) is 6.20 Å². The normalized spacial score (nSPS) is 25.3. The largest absolute Gasteiger partial charge is 0.450 e. The van der Waals surface area contributed by atoms with Crippen LogP contribution in [-0.4, -0.2) is 71.3 Å². The standard InChI is InChI=1S/C19H28N4O3/c1-3-25-18(24)23-8-4-16(13-23)22-9-6-19(7-10-22)17-15(5-11-26-19)12-20-14(2)21-17/h12,16H,3-11,13H2,1-2H3. The van der Waals surface area contributed by atoms with E-state index in [1.165, 1.54) is 5.56 Å². The first-order chi connectivity index (χ1) is 12.6. The highest BCUT2D eigenvalue weighted by Gasteiger charge is 2.44. The van der Waals surface area contributed by atoms with Crippen LogP contribution in [0, 0.1) is 6.92 Å². The first-order valence-electron chi connectivity index (χ1n) is 9.74. The van der Waals surface area contributed by atoms with Crippen LogP contribution in [-0.2, 0) is 21.5 Å². The molecule has 2 fully saturated rings. The quantitative estimate of drug-likeness (QED) is 0.802. The van der Waals surface area contributed by atoms with Crippen molar-refractivity contribution in [3.05, 3.63) is 23.3 Å². The Labute approximate surface area is 154 Å². The van der Waals surface area contributed by atoms with Gasteiger partial charge in [-0.2, -0.15) is 0 Å². The molecule has 1 unspecified atom stereocenters. The van der Waals surface area contributed by atoms with Crippen LogP contribution in [0.4, 0.5) is 4.79 Å². The molecule has 1 atom stereocenters. The number of amides is 1. The Bertz CT molecular complexity index is 673. The maximum Gasteiger partial charge on any atom is 0.409 e. The zero-order valence-corrected chi connectivity index (χ0v) is 15.7. The molecule has 7 heteroatoms. The molecule has 1 aromatic rings. The highest BCUT2D eigenvalue weighted by Crippen LogP contribution is 2.41. The van der Waals surface area contributed by atoms with Crippen molar-refractivity contribution < 1.29 is 14.3 Å². The van der Waals surface area contributed by atoms with E-state index < -0.39 is 0 Å². The van der Waals surface area contributed by atoms with Gasteiger partial charge < -0.3 is 14.4 Å². The van der Waals surface area contributed by atoms with Crippen LogP contribution >= 0.6 is 0 Å². The number of aryl methyl sites for hydroxylation is 1. The Morgan fingerprint density at radius 3 is 2.96 bits per heavy atom. The number of piperidine rings is 1. The summed E-state index contributed by atoms with van der Waals surface area (Å²) < 4.78 is 11.4. The number of rotatable bonds is 2. The van der Waals surface area contributed by atoms with Crippen LogP contribution in [0.3, 0.4) is 0 Å². The number of carbonyl (C=O) groups excluding carboxylic acids is 1. The maximum atomic E-state index is 11.9. The molecule has 2 saturated heterocycles. The third-order valence-electron chi connectivity index (χ3n) is 5.98. The van der Waals surface area contributed by atoms with Crippen molar-refractivity contribution in [1.29, 1.82) is 0 Å². The molecule has 0 radical (unpaired) electrons. The number of fused-ring (bicyclic) bond motifs is 2. The van der Waals surface area contributed by atoms with E-state index in [1.54, 1.807) is 0 Å². The zero-order valence-electron chi connectivity index (χ0n) is 15.7. The second kappa shape index (κ2) is 7.12. The third-order valence-corrected chi connectivity index (χ3v) is 5.98. The second-order valence-electron chi connectivity index (χ2n) is 7.51. The molecular weight excluding hydrogens is 332 g/mol. The van der Waals surface area contributed by atoms with E-state index in [1.807, 2.05) is 24.9 Å². The third kappa shape index (κ3) is 3.18. The molecule has 0 aliphatic carbocycles. The Morgan fingerprint density at radius 1 is 1.38 bits per heavy atom. The minimum Gasteiger partial charge on any atom is -0.450 e. The van der Waals surface area contributed by atoms with Gasteiger partial charge in [-0.25, -0.2) is 14.8 Å². The molecule has 142 valence electrons. The average molecular weight is 360 g/mol. The molecule has 4 rings (SSSR count). The Morgan fingerprint density at radius 2 is 2.19 bits per heavy atom. The van der Waals surface area contributed by atoms with Gasteiger partial charge in [0.15, 0.2) is 0 Å². The number of nitrogens with zero attached hydrogens (tertiary/aromatic N) is 4. The van der Waals surface area contributed by atoms with Gasteiger partial charge in [-0.15, -0.1) is 0 Å². The first-order valence-corrected chi connectivity index (χ1v) is 9.74. The average Bonchev–Trinajstić information content (AvgIpc) is 3.14. The monoisotopic (exact) mass is 360 g/mol. The lowest BCUT2D eigenvalue weighted by Gasteiger charge is -2.45. The number of hydrogen-bond donors (Lipinski definition) is 0. The minimum absolute atomic E-state index is 0.180. The summed E-state index contributed by atoms with van der Waals surface area (Å²) in [4.78, 5) is 25.4. The fourth-order valence-electron chi connectivity index (χ4n) is 4.55. The number of ether oxygens (including phenoxy) is 2. The van der Waals surface area contributed by atoms with Gasteiger partial charge in [0.05, 0.1) is 18.9 Å². The lowest BCUT2D eigenvalue weighted by molar-refractivity contribution is -0.105. The summed E-state index contributed by atoms with van der Waals surface area (Å²) in [7, 11) is 0. The molecule has 26 heavy (non-hydrogen) atoms. The van der Waals surface area contributed by atoms with Gasteiger partial charge in [0.25, 0.3) is 0 Å². The van der Waals surface area contributed by atoms with Crippen molar-refractivity contribution in [3.63, 3.8) is 0 Å². The van der Waals surface area contributed by atoms with Crippen LogP contribution in [0.5, 0.6) is 0 Å². The number of hydrogen-bond acceptors (Lipinski definition) is 6. The molecule has 0 bridgehead atoms. The van der Waals surface area contributed by atoms with Crippen LogP contribution in [0.2, 0.25) is 0 Å². The van der Waals surface area contributed by atoms with Crippen LogP contribution in [0.1, 0.15) is 43.3 Å². The predicted molar refractivity (Wildman–Crippen MR) is 95.9 cm³/mol. The SMILES string of the molecule is CCOC(=O)N1CCC(N2CCC3(CC2)OCCc2cnc(C)nc23)C1. The van der Waals surface area contributed by atoms with E-state index in [2.05, 4.69) is 9.88 Å². The first kappa shape index (κ1) is 17.7. The van der Waals surface area contributed by atoms with E-state index in [0.29, 0.717) is 12.6 Å². The molecule has 7 nitrogen and oxygen atoms in total. The highest BCUT2D eigenvalue weighted by molar-refractivity contribution is 5.68. The highest BCUT2D eigenvalue weighted by atomic mass is 16.6. The van der Waals surface area contributed by atoms with Crippen LogP contribution < -0.4 is 0 Å². The van der Waals surface area contributed by atoms with Gasteiger partial charge >= 0.3 is 6.09 Å². The van der Waals surface area contributed by atoms with Crippen molar-refractivity contribution in [2.24, 2.45) is 0 Å². The van der Waals surface area contributed by atoms with Crippen LogP contribution in [0.25, 0.3) is 0 Å². The summed E-state index contributed by atoms with van der Waals surface area (Å²) in [5, 5.41) is 0. The summed E-state index contributed by atoms with van der Waals surface area (Å²) in [5.74, 6) is 0.817. The summed E-state index contributed by atoms with van der Waals surface area (Å²) in [6.07, 6.45) is 5.62. The van der Waals surface area contributed by atoms with Crippen molar-refractivity contribution >= 4 is 6.09 Å². The molecule has 1 amide bonds. The molecule has 0 saturated carbocycles. The van der Waals surface area contributed by atoms with E-state index in [0.717, 1.165) is 70.0 Å². The lowest BCUT2D eigenvalue weighted by Crippen LogP contribution is -2.50. The van der Waals surface area contributed by atoms with Gasteiger partial charge in [-0.3, -0.25) is 4.90 Å². The van der Waals surface area contributed by atoms with Gasteiger partial charge in [0.2, 0.25) is 0 Å². The van der Waals surface area contributed by atoms with Crippen molar-refractivity contribution in [2.45, 2.75) is 51.2 Å². The summed E-state index contributed by atoms with van der Waals surface area (Å²) in [6, 6.07) is 0.423. The van der Waals surface area contributed by atoms with Crippen molar-refractivity contribution in [3.8, 4) is 0 Å². The molecule has 3 aliphatic heterocycles. The van der Waals surface area contributed by atoms with Crippen molar-refractivity contribution in [1.82, 2.24) is 19.8 Å².